The predicted octanol–water partition coefficient (Wildman–Crippen LogP) is 4.67. The van der Waals surface area contributed by atoms with Crippen LogP contribution in [0.1, 0.15) is 53.8 Å². The van der Waals surface area contributed by atoms with Gasteiger partial charge in [0.15, 0.2) is 29.0 Å². The Balaban J connectivity index is 2.36. The highest BCUT2D eigenvalue weighted by atomic mass is 35.5. The van der Waals surface area contributed by atoms with Gasteiger partial charge in [0.25, 0.3) is 0 Å². The summed E-state index contributed by atoms with van der Waals surface area (Å²) in [5, 5.41) is 9.83. The molecule has 1 aromatic heterocycles. The minimum Gasteiger partial charge on any atom is -0.493 e. The van der Waals surface area contributed by atoms with Crippen LogP contribution < -0.4 is 9.47 Å². The summed E-state index contributed by atoms with van der Waals surface area (Å²) in [7, 11) is 1.48. The second-order valence-corrected chi connectivity index (χ2v) is 7.36. The smallest absolute Gasteiger partial charge is 0.187 e. The summed E-state index contributed by atoms with van der Waals surface area (Å²) < 4.78 is 11.1. The number of benzene rings is 1. The molecule has 0 aliphatic heterocycles. The molecule has 0 saturated heterocycles. The molecule has 6 nitrogen and oxygen atoms in total. The Labute approximate surface area is 170 Å². The van der Waals surface area contributed by atoms with Crippen LogP contribution in [0, 0.1) is 31.1 Å². The van der Waals surface area contributed by atoms with Crippen LogP contribution in [0.5, 0.6) is 11.5 Å². The van der Waals surface area contributed by atoms with Gasteiger partial charge in [0.1, 0.15) is 0 Å². The zero-order valence-electron chi connectivity index (χ0n) is 16.7. The number of carbonyl (C=O) groups excluding carboxylic acids is 1. The van der Waals surface area contributed by atoms with Crippen molar-refractivity contribution in [1.29, 1.82) is 5.26 Å². The number of hydrogen-bond donors (Lipinski definition) is 0. The minimum absolute atomic E-state index is 0.178. The van der Waals surface area contributed by atoms with E-state index in [2.05, 4.69) is 23.8 Å². The van der Waals surface area contributed by atoms with E-state index in [1.165, 1.54) is 19.2 Å². The molecule has 0 aliphatic rings. The van der Waals surface area contributed by atoms with Gasteiger partial charge in [0, 0.05) is 17.0 Å². The fourth-order valence-corrected chi connectivity index (χ4v) is 2.95. The first-order chi connectivity index (χ1) is 13.3. The van der Waals surface area contributed by atoms with E-state index in [-0.39, 0.29) is 16.4 Å². The van der Waals surface area contributed by atoms with Gasteiger partial charge in [-0.1, -0.05) is 25.4 Å². The van der Waals surface area contributed by atoms with Crippen LogP contribution in [0.25, 0.3) is 0 Å². The molecular weight excluding hydrogens is 378 g/mol. The minimum atomic E-state index is -1.13. The van der Waals surface area contributed by atoms with Gasteiger partial charge in [-0.15, -0.1) is 0 Å². The number of aryl methyl sites for hydroxylation is 2. The maximum Gasteiger partial charge on any atom is 0.187 e. The molecule has 2 rings (SSSR count). The summed E-state index contributed by atoms with van der Waals surface area (Å²) in [6, 6.07) is 6.81. The molecule has 148 valence electrons. The fraction of sp³-hybridized carbons (Fsp3) is 0.429. The molecule has 0 bridgehead atoms. The van der Waals surface area contributed by atoms with Crippen molar-refractivity contribution >= 4 is 17.4 Å². The lowest BCUT2D eigenvalue weighted by Crippen LogP contribution is -2.16. The number of nitriles is 1. The molecule has 1 atom stereocenters. The Morgan fingerprint density at radius 3 is 2.39 bits per heavy atom. The normalized spacial score (nSPS) is 11.8. The standard InChI is InChI=1S/C21H24ClN3O3/c1-12(2)6-7-28-20-17(22)9-15(10-18(20)27-5)19(26)16(11-23)21-24-13(3)8-14(4)25-21/h8-10,12,16H,6-7H2,1-5H3. The Morgan fingerprint density at radius 1 is 1.21 bits per heavy atom. The zero-order valence-corrected chi connectivity index (χ0v) is 17.5. The summed E-state index contributed by atoms with van der Waals surface area (Å²) in [6.07, 6.45) is 0.862. The molecule has 0 amide bonds. The number of halogens is 1. The molecule has 2 aromatic rings. The SMILES string of the molecule is COc1cc(C(=O)C(C#N)c2nc(C)cc(C)n2)cc(Cl)c1OCCC(C)C. The van der Waals surface area contributed by atoms with Crippen LogP contribution in [0.3, 0.4) is 0 Å². The van der Waals surface area contributed by atoms with Gasteiger partial charge in [-0.3, -0.25) is 4.79 Å². The summed E-state index contributed by atoms with van der Waals surface area (Å²) in [6.45, 7) is 8.26. The van der Waals surface area contributed by atoms with Gasteiger partial charge in [-0.25, -0.2) is 9.97 Å². The number of hydrogen-bond acceptors (Lipinski definition) is 6. The number of Topliss-reactive ketones (excluding diaryl/α,β-unsaturated/α-hetero) is 1. The number of aromatic nitrogens is 2. The second kappa shape index (κ2) is 9.52. The van der Waals surface area contributed by atoms with Crippen molar-refractivity contribution in [3.8, 4) is 17.6 Å². The molecule has 0 N–H and O–H groups in total. The third kappa shape index (κ3) is 5.20. The molecule has 0 spiro atoms. The highest BCUT2D eigenvalue weighted by molar-refractivity contribution is 6.32. The van der Waals surface area contributed by atoms with Gasteiger partial charge in [0.2, 0.25) is 0 Å². The largest absolute Gasteiger partial charge is 0.493 e. The van der Waals surface area contributed by atoms with Crippen LogP contribution in [0.15, 0.2) is 18.2 Å². The van der Waals surface area contributed by atoms with Gasteiger partial charge in [-0.2, -0.15) is 5.26 Å². The first kappa shape index (κ1) is 21.6. The fourth-order valence-electron chi connectivity index (χ4n) is 2.68. The van der Waals surface area contributed by atoms with Crippen molar-refractivity contribution in [3.63, 3.8) is 0 Å². The average Bonchev–Trinajstić information content (AvgIpc) is 2.62. The summed E-state index contributed by atoms with van der Waals surface area (Å²) in [4.78, 5) is 21.5. The van der Waals surface area contributed by atoms with Gasteiger partial charge in [-0.05, 0) is 44.4 Å². The Bertz CT molecular complexity index is 886. The van der Waals surface area contributed by atoms with Crippen LogP contribution in [-0.2, 0) is 0 Å². The molecule has 1 aromatic carbocycles. The highest BCUT2D eigenvalue weighted by Gasteiger charge is 2.27. The van der Waals surface area contributed by atoms with Crippen LogP contribution >= 0.6 is 11.6 Å². The van der Waals surface area contributed by atoms with Gasteiger partial charge >= 0.3 is 0 Å². The van der Waals surface area contributed by atoms with Gasteiger partial charge in [0.05, 0.1) is 24.8 Å². The maximum absolute atomic E-state index is 13.0. The molecule has 0 saturated carbocycles. The number of carbonyl (C=O) groups is 1. The molecule has 1 unspecified atom stereocenters. The van der Waals surface area contributed by atoms with Crippen molar-refractivity contribution in [3.05, 3.63) is 46.0 Å². The lowest BCUT2D eigenvalue weighted by Gasteiger charge is -2.15. The number of ketones is 1. The Morgan fingerprint density at radius 2 is 1.86 bits per heavy atom. The third-order valence-corrected chi connectivity index (χ3v) is 4.39. The van der Waals surface area contributed by atoms with Crippen molar-refractivity contribution < 1.29 is 14.3 Å². The van der Waals surface area contributed by atoms with Crippen molar-refractivity contribution in [2.75, 3.05) is 13.7 Å². The van der Waals surface area contributed by atoms with Gasteiger partial charge < -0.3 is 9.47 Å². The second-order valence-electron chi connectivity index (χ2n) is 6.96. The number of methoxy groups -OCH3 is 1. The number of ether oxygens (including phenoxy) is 2. The molecule has 0 fully saturated rings. The maximum atomic E-state index is 13.0. The predicted molar refractivity (Wildman–Crippen MR) is 107 cm³/mol. The lowest BCUT2D eigenvalue weighted by atomic mass is 9.97. The Kier molecular flexibility index (Phi) is 7.36. The molecule has 28 heavy (non-hydrogen) atoms. The molecule has 0 radical (unpaired) electrons. The monoisotopic (exact) mass is 401 g/mol. The molecule has 1 heterocycles. The lowest BCUT2D eigenvalue weighted by molar-refractivity contribution is 0.0975. The first-order valence-electron chi connectivity index (χ1n) is 9.03. The Hall–Kier alpha value is -2.65. The third-order valence-electron chi connectivity index (χ3n) is 4.10. The van der Waals surface area contributed by atoms with E-state index in [1.54, 1.807) is 19.9 Å². The molecular formula is C21H24ClN3O3. The van der Waals surface area contributed by atoms with Crippen molar-refractivity contribution in [2.45, 2.75) is 40.0 Å². The number of nitrogens with zero attached hydrogens (tertiary/aromatic N) is 3. The topological polar surface area (TPSA) is 85.1 Å². The number of rotatable bonds is 8. The molecule has 7 heteroatoms. The quantitative estimate of drug-likeness (QED) is 0.597. The van der Waals surface area contributed by atoms with E-state index >= 15 is 0 Å². The van der Waals surface area contributed by atoms with E-state index < -0.39 is 11.7 Å². The van der Waals surface area contributed by atoms with E-state index in [0.717, 1.165) is 6.42 Å². The summed E-state index contributed by atoms with van der Waals surface area (Å²) >= 11 is 6.35. The average molecular weight is 402 g/mol. The van der Waals surface area contributed by atoms with E-state index in [9.17, 15) is 10.1 Å². The van der Waals surface area contributed by atoms with E-state index in [0.29, 0.717) is 35.4 Å². The van der Waals surface area contributed by atoms with E-state index in [4.69, 9.17) is 21.1 Å². The molecule has 0 aliphatic carbocycles. The van der Waals surface area contributed by atoms with E-state index in [1.807, 2.05) is 6.07 Å². The van der Waals surface area contributed by atoms with Crippen LogP contribution in [0.4, 0.5) is 0 Å². The van der Waals surface area contributed by atoms with Crippen molar-refractivity contribution in [2.24, 2.45) is 5.92 Å². The summed E-state index contributed by atoms with van der Waals surface area (Å²) in [5.41, 5.74) is 1.63. The van der Waals surface area contributed by atoms with Crippen molar-refractivity contribution in [1.82, 2.24) is 9.97 Å². The summed E-state index contributed by atoms with van der Waals surface area (Å²) in [5.74, 6) is -0.180. The first-order valence-corrected chi connectivity index (χ1v) is 9.41. The van der Waals surface area contributed by atoms with Crippen LogP contribution in [-0.4, -0.2) is 29.5 Å². The highest BCUT2D eigenvalue weighted by Crippen LogP contribution is 2.37. The zero-order chi connectivity index (χ0) is 20.8. The van der Waals surface area contributed by atoms with Crippen LogP contribution in [0.2, 0.25) is 5.02 Å².